The van der Waals surface area contributed by atoms with Crippen molar-refractivity contribution in [3.8, 4) is 0 Å². The number of likely N-dealkylation sites (tertiary alicyclic amines) is 1. The van der Waals surface area contributed by atoms with Gasteiger partial charge in [0.2, 0.25) is 11.8 Å². The number of carbonyl (C=O) groups excluding carboxylic acids is 2. The molecule has 0 aromatic carbocycles. The topological polar surface area (TPSA) is 83.6 Å². The van der Waals surface area contributed by atoms with Crippen LogP contribution in [0.25, 0.3) is 0 Å². The van der Waals surface area contributed by atoms with E-state index in [1.165, 1.54) is 11.8 Å². The number of primary amides is 1. The fraction of sp³-hybridized carbons (Fsp3) is 0.833. The lowest BCUT2D eigenvalue weighted by Gasteiger charge is -2.24. The molecule has 1 fully saturated rings. The SMILES string of the molecule is NC(=O)CSCCC(=O)N1CCCC1CCCO. The van der Waals surface area contributed by atoms with Gasteiger partial charge in [-0.2, -0.15) is 11.8 Å². The van der Waals surface area contributed by atoms with Crippen LogP contribution < -0.4 is 5.73 Å². The molecule has 5 nitrogen and oxygen atoms in total. The third-order valence-corrected chi connectivity index (χ3v) is 4.08. The van der Waals surface area contributed by atoms with Crippen molar-refractivity contribution in [2.45, 2.75) is 38.1 Å². The van der Waals surface area contributed by atoms with Gasteiger partial charge in [0.1, 0.15) is 0 Å². The Balaban J connectivity index is 2.24. The zero-order valence-electron chi connectivity index (χ0n) is 10.6. The van der Waals surface area contributed by atoms with E-state index >= 15 is 0 Å². The number of nitrogens with two attached hydrogens (primary N) is 1. The first-order valence-electron chi connectivity index (χ1n) is 6.41. The van der Waals surface area contributed by atoms with Gasteiger partial charge in [0.05, 0.1) is 5.75 Å². The van der Waals surface area contributed by atoms with E-state index in [9.17, 15) is 9.59 Å². The zero-order valence-corrected chi connectivity index (χ0v) is 11.5. The largest absolute Gasteiger partial charge is 0.396 e. The molecular formula is C12H22N2O3S. The van der Waals surface area contributed by atoms with Crippen LogP contribution in [0.1, 0.15) is 32.1 Å². The van der Waals surface area contributed by atoms with Crippen LogP contribution >= 0.6 is 11.8 Å². The lowest BCUT2D eigenvalue weighted by atomic mass is 10.1. The summed E-state index contributed by atoms with van der Waals surface area (Å²) < 4.78 is 0. The van der Waals surface area contributed by atoms with E-state index in [2.05, 4.69) is 0 Å². The molecule has 6 heteroatoms. The smallest absolute Gasteiger partial charge is 0.227 e. The highest BCUT2D eigenvalue weighted by Crippen LogP contribution is 2.22. The molecule has 1 aliphatic heterocycles. The summed E-state index contributed by atoms with van der Waals surface area (Å²) in [6, 6.07) is 0.297. The molecule has 1 saturated heterocycles. The van der Waals surface area contributed by atoms with Crippen LogP contribution in [0, 0.1) is 0 Å². The summed E-state index contributed by atoms with van der Waals surface area (Å²) in [4.78, 5) is 24.5. The summed E-state index contributed by atoms with van der Waals surface area (Å²) in [6.45, 7) is 1.02. The predicted molar refractivity (Wildman–Crippen MR) is 72.2 cm³/mol. The van der Waals surface area contributed by atoms with Crippen LogP contribution in [0.4, 0.5) is 0 Å². The highest BCUT2D eigenvalue weighted by molar-refractivity contribution is 7.99. The molecule has 0 radical (unpaired) electrons. The number of thioether (sulfide) groups is 1. The molecule has 0 saturated carbocycles. The standard InChI is InChI=1S/C12H22N2O3S/c13-11(16)9-18-8-5-12(17)14-6-1-3-10(14)4-2-7-15/h10,15H,1-9H2,(H2,13,16). The van der Waals surface area contributed by atoms with Crippen molar-refractivity contribution < 1.29 is 14.7 Å². The molecule has 1 heterocycles. The molecule has 0 bridgehead atoms. The van der Waals surface area contributed by atoms with Gasteiger partial charge in [-0.3, -0.25) is 9.59 Å². The van der Waals surface area contributed by atoms with E-state index in [0.717, 1.165) is 32.2 Å². The maximum Gasteiger partial charge on any atom is 0.227 e. The zero-order chi connectivity index (χ0) is 13.4. The lowest BCUT2D eigenvalue weighted by Crippen LogP contribution is -2.35. The van der Waals surface area contributed by atoms with Gasteiger partial charge in [-0.05, 0) is 25.7 Å². The summed E-state index contributed by atoms with van der Waals surface area (Å²) in [5.41, 5.74) is 5.03. The molecular weight excluding hydrogens is 252 g/mol. The number of aliphatic hydroxyl groups excluding tert-OH is 1. The summed E-state index contributed by atoms with van der Waals surface area (Å²) in [6.07, 6.45) is 4.20. The number of nitrogens with zero attached hydrogens (tertiary/aromatic N) is 1. The second kappa shape index (κ2) is 8.37. The quantitative estimate of drug-likeness (QED) is 0.626. The van der Waals surface area contributed by atoms with Crippen LogP contribution in [-0.4, -0.2) is 52.5 Å². The Morgan fingerprint density at radius 3 is 2.89 bits per heavy atom. The van der Waals surface area contributed by atoms with Crippen molar-refractivity contribution in [1.82, 2.24) is 4.90 Å². The molecule has 1 rings (SSSR count). The van der Waals surface area contributed by atoms with Gasteiger partial charge in [-0.1, -0.05) is 0 Å². The van der Waals surface area contributed by atoms with E-state index < -0.39 is 0 Å². The number of hydrogen-bond acceptors (Lipinski definition) is 4. The van der Waals surface area contributed by atoms with Crippen molar-refractivity contribution in [1.29, 1.82) is 0 Å². The van der Waals surface area contributed by atoms with Gasteiger partial charge in [0, 0.05) is 31.4 Å². The molecule has 1 aliphatic rings. The van der Waals surface area contributed by atoms with Gasteiger partial charge in [0.25, 0.3) is 0 Å². The Hall–Kier alpha value is -0.750. The first kappa shape index (κ1) is 15.3. The molecule has 2 amide bonds. The average Bonchev–Trinajstić information content (AvgIpc) is 2.79. The van der Waals surface area contributed by atoms with E-state index in [-0.39, 0.29) is 24.2 Å². The molecule has 0 aromatic rings. The fourth-order valence-electron chi connectivity index (χ4n) is 2.27. The van der Waals surface area contributed by atoms with E-state index in [1.807, 2.05) is 4.90 Å². The van der Waals surface area contributed by atoms with E-state index in [1.54, 1.807) is 0 Å². The third-order valence-electron chi connectivity index (χ3n) is 3.10. The number of carbonyl (C=O) groups is 2. The molecule has 18 heavy (non-hydrogen) atoms. The van der Waals surface area contributed by atoms with Crippen LogP contribution in [0.3, 0.4) is 0 Å². The Morgan fingerprint density at radius 1 is 1.44 bits per heavy atom. The van der Waals surface area contributed by atoms with Crippen LogP contribution in [0.5, 0.6) is 0 Å². The summed E-state index contributed by atoms with van der Waals surface area (Å²) >= 11 is 1.41. The molecule has 1 atom stereocenters. The van der Waals surface area contributed by atoms with Crippen molar-refractivity contribution in [2.75, 3.05) is 24.7 Å². The van der Waals surface area contributed by atoms with Gasteiger partial charge in [-0.25, -0.2) is 0 Å². The first-order chi connectivity index (χ1) is 8.65. The lowest BCUT2D eigenvalue weighted by molar-refractivity contribution is -0.131. The van der Waals surface area contributed by atoms with Gasteiger partial charge >= 0.3 is 0 Å². The highest BCUT2D eigenvalue weighted by Gasteiger charge is 2.27. The molecule has 0 aromatic heterocycles. The highest BCUT2D eigenvalue weighted by atomic mass is 32.2. The van der Waals surface area contributed by atoms with Crippen LogP contribution in [0.2, 0.25) is 0 Å². The number of aliphatic hydroxyl groups is 1. The summed E-state index contributed by atoms with van der Waals surface area (Å²) in [5, 5.41) is 8.83. The van der Waals surface area contributed by atoms with Gasteiger partial charge in [-0.15, -0.1) is 0 Å². The second-order valence-corrected chi connectivity index (χ2v) is 5.62. The number of amides is 2. The van der Waals surface area contributed by atoms with Crippen molar-refractivity contribution >= 4 is 23.6 Å². The molecule has 1 unspecified atom stereocenters. The first-order valence-corrected chi connectivity index (χ1v) is 7.57. The molecule has 104 valence electrons. The Kier molecular flexibility index (Phi) is 7.12. The Labute approximate surface area is 112 Å². The van der Waals surface area contributed by atoms with Crippen LogP contribution in [0.15, 0.2) is 0 Å². The fourth-order valence-corrected chi connectivity index (χ4v) is 2.93. The maximum absolute atomic E-state index is 12.0. The molecule has 3 N–H and O–H groups in total. The van der Waals surface area contributed by atoms with E-state index in [0.29, 0.717) is 18.2 Å². The van der Waals surface area contributed by atoms with Crippen molar-refractivity contribution in [3.63, 3.8) is 0 Å². The maximum atomic E-state index is 12.0. The summed E-state index contributed by atoms with van der Waals surface area (Å²) in [5.74, 6) is 0.744. The van der Waals surface area contributed by atoms with Crippen molar-refractivity contribution in [3.05, 3.63) is 0 Å². The summed E-state index contributed by atoms with van der Waals surface area (Å²) in [7, 11) is 0. The normalized spacial score (nSPS) is 19.2. The van der Waals surface area contributed by atoms with Crippen LogP contribution in [-0.2, 0) is 9.59 Å². The second-order valence-electron chi connectivity index (χ2n) is 4.52. The predicted octanol–water partition coefficient (Wildman–Crippen LogP) is 0.358. The minimum atomic E-state index is -0.338. The monoisotopic (exact) mass is 274 g/mol. The Morgan fingerprint density at radius 2 is 2.22 bits per heavy atom. The third kappa shape index (κ3) is 5.27. The van der Waals surface area contributed by atoms with E-state index in [4.69, 9.17) is 10.8 Å². The number of hydrogen-bond donors (Lipinski definition) is 2. The minimum absolute atomic E-state index is 0.160. The van der Waals surface area contributed by atoms with Gasteiger partial charge < -0.3 is 15.7 Å². The minimum Gasteiger partial charge on any atom is -0.396 e. The molecule has 0 spiro atoms. The average molecular weight is 274 g/mol. The molecule has 0 aliphatic carbocycles. The Bertz CT molecular complexity index is 286. The van der Waals surface area contributed by atoms with Crippen molar-refractivity contribution in [2.24, 2.45) is 5.73 Å². The van der Waals surface area contributed by atoms with Gasteiger partial charge in [0.15, 0.2) is 0 Å². The number of rotatable bonds is 8.